The highest BCUT2D eigenvalue weighted by atomic mass is 35.5. The number of nitrogens with one attached hydrogen (secondary N) is 2. The molecule has 38 heavy (non-hydrogen) atoms. The van der Waals surface area contributed by atoms with Crippen LogP contribution in [-0.2, 0) is 24.8 Å². The fraction of sp³-hybridized carbons (Fsp3) is 0.0741. The molecule has 0 aliphatic carbocycles. The lowest BCUT2D eigenvalue weighted by atomic mass is 10.0. The summed E-state index contributed by atoms with van der Waals surface area (Å²) in [7, 11) is -7.86. The van der Waals surface area contributed by atoms with Crippen molar-refractivity contribution in [1.29, 1.82) is 0 Å². The first-order valence-corrected chi connectivity index (χ1v) is 14.8. The van der Waals surface area contributed by atoms with E-state index in [0.717, 1.165) is 4.31 Å². The zero-order valence-electron chi connectivity index (χ0n) is 20.1. The molecule has 1 aliphatic heterocycles. The average molecular weight is 568 g/mol. The van der Waals surface area contributed by atoms with Crippen LogP contribution in [0.5, 0.6) is 0 Å². The first kappa shape index (κ1) is 25.8. The third-order valence-corrected chi connectivity index (χ3v) is 9.52. The molecule has 2 N–H and O–H groups in total. The molecule has 4 aromatic carbocycles. The second-order valence-electron chi connectivity index (χ2n) is 8.66. The van der Waals surface area contributed by atoms with Crippen LogP contribution in [0.15, 0.2) is 101 Å². The maximum atomic E-state index is 13.4. The van der Waals surface area contributed by atoms with Crippen LogP contribution in [0.4, 0.5) is 17.1 Å². The summed E-state index contributed by atoms with van der Waals surface area (Å²) in [4.78, 5) is 13.0. The molecular formula is C27H22ClN3O5S2. The summed E-state index contributed by atoms with van der Waals surface area (Å²) in [6.07, 6.45) is 0. The van der Waals surface area contributed by atoms with E-state index >= 15 is 0 Å². The van der Waals surface area contributed by atoms with E-state index in [-0.39, 0.29) is 9.79 Å². The number of halogens is 1. The third-order valence-electron chi connectivity index (χ3n) is 6.09. The molecule has 0 spiro atoms. The van der Waals surface area contributed by atoms with Crippen LogP contribution in [0, 0.1) is 6.92 Å². The second kappa shape index (κ2) is 9.79. The number of aryl methyl sites for hydroxylation is 1. The fourth-order valence-electron chi connectivity index (χ4n) is 4.24. The molecular weight excluding hydrogens is 546 g/mol. The lowest BCUT2D eigenvalue weighted by Gasteiger charge is -2.31. The van der Waals surface area contributed by atoms with Crippen LogP contribution < -0.4 is 14.3 Å². The number of rotatable bonds is 6. The summed E-state index contributed by atoms with van der Waals surface area (Å²) < 4.78 is 56.0. The highest BCUT2D eigenvalue weighted by Gasteiger charge is 2.35. The van der Waals surface area contributed by atoms with Crippen molar-refractivity contribution in [2.24, 2.45) is 0 Å². The van der Waals surface area contributed by atoms with Gasteiger partial charge in [0, 0.05) is 21.8 Å². The van der Waals surface area contributed by atoms with Crippen LogP contribution in [0.2, 0.25) is 5.02 Å². The Morgan fingerprint density at radius 3 is 2.26 bits per heavy atom. The normalized spacial score (nSPS) is 13.8. The summed E-state index contributed by atoms with van der Waals surface area (Å²) in [5.41, 5.74) is 3.09. The maximum Gasteiger partial charge on any atom is 0.265 e. The summed E-state index contributed by atoms with van der Waals surface area (Å²) in [6.45, 7) is 1.28. The second-order valence-corrected chi connectivity index (χ2v) is 12.6. The van der Waals surface area contributed by atoms with Gasteiger partial charge in [0.05, 0.1) is 21.2 Å². The number of hydrogen-bond donors (Lipinski definition) is 2. The molecule has 1 aliphatic rings. The molecule has 1 heterocycles. The lowest BCUT2D eigenvalue weighted by Crippen LogP contribution is -2.40. The van der Waals surface area contributed by atoms with Crippen molar-refractivity contribution in [1.82, 2.24) is 0 Å². The molecule has 0 bridgehead atoms. The van der Waals surface area contributed by atoms with Crippen molar-refractivity contribution in [3.63, 3.8) is 0 Å². The Kier molecular flexibility index (Phi) is 6.64. The van der Waals surface area contributed by atoms with Gasteiger partial charge in [0.25, 0.3) is 20.0 Å². The lowest BCUT2D eigenvalue weighted by molar-refractivity contribution is -0.114. The minimum atomic E-state index is -3.97. The number of carbonyl (C=O) groups excluding carboxylic acids is 1. The highest BCUT2D eigenvalue weighted by molar-refractivity contribution is 7.93. The van der Waals surface area contributed by atoms with Gasteiger partial charge < -0.3 is 5.32 Å². The van der Waals surface area contributed by atoms with Gasteiger partial charge in [0.15, 0.2) is 0 Å². The van der Waals surface area contributed by atoms with E-state index in [1.807, 2.05) is 12.1 Å². The van der Waals surface area contributed by atoms with Gasteiger partial charge in [0.2, 0.25) is 5.91 Å². The Morgan fingerprint density at radius 1 is 0.895 bits per heavy atom. The van der Waals surface area contributed by atoms with Gasteiger partial charge >= 0.3 is 0 Å². The van der Waals surface area contributed by atoms with Crippen LogP contribution in [0.3, 0.4) is 0 Å². The van der Waals surface area contributed by atoms with Gasteiger partial charge in [-0.05, 0) is 67.1 Å². The molecule has 0 saturated heterocycles. The number of anilines is 3. The molecule has 0 fully saturated rings. The Labute approximate surface area is 226 Å². The van der Waals surface area contributed by atoms with Gasteiger partial charge in [0.1, 0.15) is 6.54 Å². The minimum absolute atomic E-state index is 0.00556. The molecule has 0 radical (unpaired) electrons. The van der Waals surface area contributed by atoms with Crippen molar-refractivity contribution in [3.05, 3.63) is 102 Å². The fourth-order valence-corrected chi connectivity index (χ4v) is 7.25. The van der Waals surface area contributed by atoms with E-state index < -0.39 is 32.5 Å². The summed E-state index contributed by atoms with van der Waals surface area (Å²) >= 11 is 5.94. The molecule has 5 rings (SSSR count). The highest BCUT2D eigenvalue weighted by Crippen LogP contribution is 2.42. The molecule has 0 saturated carbocycles. The summed E-state index contributed by atoms with van der Waals surface area (Å²) in [6, 6.07) is 24.1. The molecule has 0 unspecified atom stereocenters. The summed E-state index contributed by atoms with van der Waals surface area (Å²) in [5.74, 6) is -0.576. The van der Waals surface area contributed by atoms with Crippen molar-refractivity contribution in [2.45, 2.75) is 16.7 Å². The van der Waals surface area contributed by atoms with Gasteiger partial charge in [-0.2, -0.15) is 0 Å². The van der Waals surface area contributed by atoms with Crippen molar-refractivity contribution >= 4 is 54.6 Å². The Morgan fingerprint density at radius 2 is 1.55 bits per heavy atom. The zero-order valence-corrected chi connectivity index (χ0v) is 22.4. The standard InChI is InChI=1S/C27H22ClN3O5S2/c1-18-16-19(28)10-15-24(18)30-37(33,34)21-13-11-20(12-14-21)29-27(32)17-31-25-8-4-2-6-22(25)23-7-3-5-9-26(23)38(31,35)36/h2-16,30H,17H2,1H3,(H,29,32). The molecule has 0 aromatic heterocycles. The van der Waals surface area contributed by atoms with Crippen LogP contribution in [0.1, 0.15) is 5.56 Å². The van der Waals surface area contributed by atoms with E-state index in [4.69, 9.17) is 11.6 Å². The Hall–Kier alpha value is -3.86. The first-order chi connectivity index (χ1) is 18.1. The van der Waals surface area contributed by atoms with E-state index in [2.05, 4.69) is 10.0 Å². The SMILES string of the molecule is Cc1cc(Cl)ccc1NS(=O)(=O)c1ccc(NC(=O)CN2c3ccccc3-c3ccccc3S2(=O)=O)cc1. The number of amides is 1. The minimum Gasteiger partial charge on any atom is -0.325 e. The molecule has 4 aromatic rings. The Bertz CT molecular complexity index is 1770. The van der Waals surface area contributed by atoms with Gasteiger partial charge in [-0.1, -0.05) is 48.0 Å². The van der Waals surface area contributed by atoms with E-state index in [9.17, 15) is 21.6 Å². The monoisotopic (exact) mass is 567 g/mol. The predicted octanol–water partition coefficient (Wildman–Crippen LogP) is 5.26. The van der Waals surface area contributed by atoms with E-state index in [0.29, 0.717) is 38.8 Å². The van der Waals surface area contributed by atoms with Gasteiger partial charge in [-0.25, -0.2) is 16.8 Å². The maximum absolute atomic E-state index is 13.4. The number of sulfonamides is 2. The number of carbonyl (C=O) groups is 1. The quantitative estimate of drug-likeness (QED) is 0.330. The van der Waals surface area contributed by atoms with Crippen LogP contribution in [-0.4, -0.2) is 29.3 Å². The largest absolute Gasteiger partial charge is 0.325 e. The zero-order chi connectivity index (χ0) is 27.1. The number of hydrogen-bond acceptors (Lipinski definition) is 5. The van der Waals surface area contributed by atoms with Gasteiger partial charge in [-0.15, -0.1) is 0 Å². The number of benzene rings is 4. The average Bonchev–Trinajstić information content (AvgIpc) is 2.89. The van der Waals surface area contributed by atoms with Crippen LogP contribution in [0.25, 0.3) is 11.1 Å². The van der Waals surface area contributed by atoms with E-state index in [1.54, 1.807) is 55.5 Å². The number of nitrogens with zero attached hydrogens (tertiary/aromatic N) is 1. The topological polar surface area (TPSA) is 113 Å². The first-order valence-electron chi connectivity index (χ1n) is 11.5. The molecule has 194 valence electrons. The van der Waals surface area contributed by atoms with Crippen molar-refractivity contribution in [3.8, 4) is 11.1 Å². The molecule has 1 amide bonds. The van der Waals surface area contributed by atoms with Crippen molar-refractivity contribution in [2.75, 3.05) is 20.9 Å². The molecule has 8 nitrogen and oxygen atoms in total. The summed E-state index contributed by atoms with van der Waals surface area (Å²) in [5, 5.41) is 3.15. The van der Waals surface area contributed by atoms with Crippen molar-refractivity contribution < 1.29 is 21.6 Å². The van der Waals surface area contributed by atoms with E-state index in [1.165, 1.54) is 30.3 Å². The van der Waals surface area contributed by atoms with Crippen LogP contribution >= 0.6 is 11.6 Å². The number of para-hydroxylation sites is 1. The molecule has 11 heteroatoms. The Balaban J connectivity index is 1.33. The number of fused-ring (bicyclic) bond motifs is 3. The predicted molar refractivity (Wildman–Crippen MR) is 148 cm³/mol. The van der Waals surface area contributed by atoms with Gasteiger partial charge in [-0.3, -0.25) is 13.8 Å². The smallest absolute Gasteiger partial charge is 0.265 e. The third kappa shape index (κ3) is 4.85. The molecule has 0 atom stereocenters.